The van der Waals surface area contributed by atoms with Crippen molar-refractivity contribution < 1.29 is 149 Å². The Bertz CT molecular complexity index is 8.88. The average Bonchev–Trinajstić information content (AvgIpc) is 0. The first-order valence-corrected chi connectivity index (χ1v) is 0. The molecule has 0 rings (SSSR count). The molecule has 0 aromatic heterocycles. The number of halogens is 7. The van der Waals surface area contributed by atoms with E-state index < -0.39 is 0 Å². The van der Waals surface area contributed by atoms with Gasteiger partial charge in [0.1, 0.15) is 0 Å². The number of rotatable bonds is 0. The topological polar surface area (TPSA) is 0 Å². The zero-order valence-electron chi connectivity index (χ0n) is 3.72. The molecule has 0 saturated carbocycles. The van der Waals surface area contributed by atoms with Crippen LogP contribution in [0.5, 0.6) is 0 Å². The van der Waals surface area contributed by atoms with Crippen molar-refractivity contribution in [3.8, 4) is 0 Å². The fraction of sp³-hybridized carbons (Fsp3) is 0. The third kappa shape index (κ3) is 73.3. The fourth-order valence-electron chi connectivity index (χ4n) is 0. The van der Waals surface area contributed by atoms with Gasteiger partial charge in [-0.3, -0.25) is 0 Å². The molecule has 56 valence electrons. The fourth-order valence-corrected chi connectivity index (χ4v) is 0. The van der Waals surface area contributed by atoms with Crippen molar-refractivity contribution in [3.05, 3.63) is 0 Å². The molecule has 0 aliphatic rings. The summed E-state index contributed by atoms with van der Waals surface area (Å²) in [5.74, 6) is 0. The standard InChI is InChI=1S/7ClH.La.Zr/h7*1H;;/q;;;;;;;+3;+4/p-7. The van der Waals surface area contributed by atoms with E-state index in [0.717, 1.165) is 0 Å². The van der Waals surface area contributed by atoms with Crippen molar-refractivity contribution in [2.24, 2.45) is 0 Å². The summed E-state index contributed by atoms with van der Waals surface area (Å²) in [6.07, 6.45) is 0. The summed E-state index contributed by atoms with van der Waals surface area (Å²) in [6.45, 7) is 0. The molecule has 0 unspecified atom stereocenters. The first kappa shape index (κ1) is 114. The van der Waals surface area contributed by atoms with Crippen LogP contribution in [0.4, 0.5) is 0 Å². The van der Waals surface area contributed by atoms with E-state index in [1.165, 1.54) is 0 Å². The molecule has 0 atom stereocenters. The van der Waals surface area contributed by atoms with Gasteiger partial charge in [-0.25, -0.2) is 0 Å². The summed E-state index contributed by atoms with van der Waals surface area (Å²) < 4.78 is 0. The first-order chi connectivity index (χ1) is 0. The van der Waals surface area contributed by atoms with Crippen molar-refractivity contribution in [1.29, 1.82) is 0 Å². The van der Waals surface area contributed by atoms with Gasteiger partial charge >= 0.3 is 61.8 Å². The van der Waals surface area contributed by atoms with E-state index in [-0.39, 0.29) is 149 Å². The van der Waals surface area contributed by atoms with Gasteiger partial charge in [-0.1, -0.05) is 0 Å². The average molecular weight is 478 g/mol. The molecule has 0 bridgehead atoms. The predicted molar refractivity (Wildman–Crippen MR) is 0 cm³/mol. The largest absolute Gasteiger partial charge is 4.00 e. The maximum Gasteiger partial charge on any atom is 4.00 e. The molecule has 0 spiro atoms. The maximum atomic E-state index is 0. The molecule has 0 radical (unpaired) electrons. The molecule has 0 nitrogen and oxygen atoms in total. The predicted octanol–water partition coefficient (Wildman–Crippen LogP) is -21.0. The molecule has 0 fully saturated rings. The second-order valence-electron chi connectivity index (χ2n) is 0. The van der Waals surface area contributed by atoms with Gasteiger partial charge in [0.05, 0.1) is 0 Å². The van der Waals surface area contributed by atoms with Crippen LogP contribution >= 0.6 is 0 Å². The van der Waals surface area contributed by atoms with Gasteiger partial charge in [0.2, 0.25) is 0 Å². The number of hydrogen-bond donors (Lipinski definition) is 0. The van der Waals surface area contributed by atoms with Crippen LogP contribution in [0.2, 0.25) is 0 Å². The van der Waals surface area contributed by atoms with Crippen molar-refractivity contribution >= 4 is 0 Å². The monoisotopic (exact) mass is 474 g/mol. The second-order valence-corrected chi connectivity index (χ2v) is 0. The summed E-state index contributed by atoms with van der Waals surface area (Å²) in [4.78, 5) is 0. The van der Waals surface area contributed by atoms with Crippen LogP contribution in [0.3, 0.4) is 0 Å². The molecule has 9 heavy (non-hydrogen) atoms. The minimum absolute atomic E-state index is 0. The van der Waals surface area contributed by atoms with Crippen molar-refractivity contribution in [1.82, 2.24) is 0 Å². The normalized spacial score (nSPS) is 0. The Kier molecular flexibility index (Phi) is 1120. The smallest absolute Gasteiger partial charge is 1.00 e. The maximum absolute atomic E-state index is 0. The molecular weight excluding hydrogens is 478 g/mol. The Balaban J connectivity index is 0. The SMILES string of the molecule is [Cl-].[Cl-].[Cl-].[Cl-].[Cl-].[Cl-].[Cl-].[La+3].[Zr+4]. The van der Waals surface area contributed by atoms with E-state index >= 15 is 0 Å². The van der Waals surface area contributed by atoms with Crippen LogP contribution in [-0.2, 0) is 26.2 Å². The Labute approximate surface area is 146 Å². The van der Waals surface area contributed by atoms with E-state index in [2.05, 4.69) is 0 Å². The minimum atomic E-state index is 0. The molecule has 0 aromatic carbocycles. The Morgan fingerprint density at radius 3 is 0.333 bits per heavy atom. The van der Waals surface area contributed by atoms with Crippen LogP contribution in [-0.4, -0.2) is 0 Å². The molecule has 0 amide bonds. The van der Waals surface area contributed by atoms with Gasteiger partial charge in [0.15, 0.2) is 0 Å². The Hall–Kier alpha value is 4.11. The van der Waals surface area contributed by atoms with Gasteiger partial charge in [-0.2, -0.15) is 0 Å². The summed E-state index contributed by atoms with van der Waals surface area (Å²) in [5, 5.41) is 0. The van der Waals surface area contributed by atoms with E-state index in [9.17, 15) is 0 Å². The Morgan fingerprint density at radius 1 is 0.333 bits per heavy atom. The second kappa shape index (κ2) is 88.5. The van der Waals surface area contributed by atoms with Crippen LogP contribution in [0.25, 0.3) is 0 Å². The first-order valence-electron chi connectivity index (χ1n) is 0. The van der Waals surface area contributed by atoms with Crippen LogP contribution in [0, 0.1) is 35.6 Å². The third-order valence-electron chi connectivity index (χ3n) is 0. The molecule has 0 saturated heterocycles. The molecule has 0 N–H and O–H groups in total. The summed E-state index contributed by atoms with van der Waals surface area (Å²) in [7, 11) is 0. The summed E-state index contributed by atoms with van der Waals surface area (Å²) >= 11 is 0. The van der Waals surface area contributed by atoms with Crippen molar-refractivity contribution in [2.45, 2.75) is 0 Å². The van der Waals surface area contributed by atoms with E-state index in [1.54, 1.807) is 0 Å². The molecule has 0 heterocycles. The minimum Gasteiger partial charge on any atom is -1.00 e. The van der Waals surface area contributed by atoms with Gasteiger partial charge in [-0.05, 0) is 0 Å². The van der Waals surface area contributed by atoms with Gasteiger partial charge in [0, 0.05) is 0 Å². The van der Waals surface area contributed by atoms with Crippen molar-refractivity contribution in [3.63, 3.8) is 0 Å². The summed E-state index contributed by atoms with van der Waals surface area (Å²) in [5.41, 5.74) is 0. The third-order valence-corrected chi connectivity index (χ3v) is 0. The van der Waals surface area contributed by atoms with E-state index in [1.807, 2.05) is 0 Å². The summed E-state index contributed by atoms with van der Waals surface area (Å²) in [6, 6.07) is 0. The van der Waals surface area contributed by atoms with Crippen LogP contribution in [0.15, 0.2) is 0 Å². The molecule has 0 aliphatic heterocycles. The van der Waals surface area contributed by atoms with Crippen molar-refractivity contribution in [2.75, 3.05) is 0 Å². The molecule has 9 heteroatoms. The van der Waals surface area contributed by atoms with Gasteiger partial charge in [-0.15, -0.1) is 0 Å². The molecular formula is Cl7LaZr. The van der Waals surface area contributed by atoms with Crippen LogP contribution in [0.1, 0.15) is 0 Å². The number of hydrogen-bond acceptors (Lipinski definition) is 0. The van der Waals surface area contributed by atoms with Gasteiger partial charge in [0.25, 0.3) is 0 Å². The van der Waals surface area contributed by atoms with E-state index in [0.29, 0.717) is 0 Å². The zero-order valence-corrected chi connectivity index (χ0v) is 15.1. The quantitative estimate of drug-likeness (QED) is 0.325. The molecule has 0 aliphatic carbocycles. The zero-order chi connectivity index (χ0) is 0. The molecule has 0 aromatic rings. The Morgan fingerprint density at radius 2 is 0.333 bits per heavy atom. The van der Waals surface area contributed by atoms with Gasteiger partial charge < -0.3 is 86.8 Å². The van der Waals surface area contributed by atoms with E-state index in [4.69, 9.17) is 0 Å². The van der Waals surface area contributed by atoms with Crippen LogP contribution < -0.4 is 86.8 Å².